The molecular formula is C20H32O5. The van der Waals surface area contributed by atoms with Crippen molar-refractivity contribution in [2.45, 2.75) is 72.8 Å². The molecule has 5 heteroatoms. The van der Waals surface area contributed by atoms with E-state index in [4.69, 9.17) is 0 Å². The lowest BCUT2D eigenvalue weighted by Crippen LogP contribution is -2.50. The van der Waals surface area contributed by atoms with Crippen LogP contribution in [-0.2, 0) is 19.2 Å². The molecule has 0 aliphatic heterocycles. The summed E-state index contributed by atoms with van der Waals surface area (Å²) in [6.07, 6.45) is 1.41. The van der Waals surface area contributed by atoms with Crippen molar-refractivity contribution in [1.29, 1.82) is 0 Å². The number of hydrogen-bond donors (Lipinski definition) is 1. The summed E-state index contributed by atoms with van der Waals surface area (Å²) in [5.41, 5.74) is -2.34. The maximum absolute atomic E-state index is 12.8. The van der Waals surface area contributed by atoms with Crippen LogP contribution in [0.15, 0.2) is 0 Å². The Balaban J connectivity index is 3.22. The number of carbonyl (C=O) groups excluding carboxylic acids is 4. The highest BCUT2D eigenvalue weighted by atomic mass is 16.3. The lowest BCUT2D eigenvalue weighted by molar-refractivity contribution is -0.155. The third-order valence-electron chi connectivity index (χ3n) is 5.03. The molecule has 0 aromatic carbocycles. The van der Waals surface area contributed by atoms with Crippen LogP contribution in [-0.4, -0.2) is 33.8 Å². The second-order valence-electron chi connectivity index (χ2n) is 8.40. The first-order chi connectivity index (χ1) is 11.4. The number of carbonyl (C=O) groups is 4. The van der Waals surface area contributed by atoms with Crippen LogP contribution < -0.4 is 0 Å². The average molecular weight is 352 g/mol. The van der Waals surface area contributed by atoms with Gasteiger partial charge >= 0.3 is 0 Å². The van der Waals surface area contributed by atoms with E-state index < -0.39 is 46.5 Å². The lowest BCUT2D eigenvalue weighted by atomic mass is 9.79. The normalized spacial score (nSPS) is 27.0. The van der Waals surface area contributed by atoms with Gasteiger partial charge in [-0.1, -0.05) is 48.0 Å². The molecule has 0 spiro atoms. The summed E-state index contributed by atoms with van der Waals surface area (Å²) in [6, 6.07) is 0. The standard InChI is InChI=1S/C20H32O5/c1-11(2)7-9-14-18(23)16(17(22)13(5)6)19(24)20(14,25)15(21)10-8-12(3)4/h11-14,16,25H,7-10H2,1-6H3/t14-,16?,20-/m1/s1. The van der Waals surface area contributed by atoms with Crippen LogP contribution in [0, 0.1) is 29.6 Å². The van der Waals surface area contributed by atoms with Crippen LogP contribution in [0.1, 0.15) is 67.2 Å². The molecule has 0 radical (unpaired) electrons. The van der Waals surface area contributed by atoms with Crippen LogP contribution in [0.4, 0.5) is 0 Å². The van der Waals surface area contributed by atoms with Crippen molar-refractivity contribution in [3.63, 3.8) is 0 Å². The van der Waals surface area contributed by atoms with Crippen molar-refractivity contribution in [1.82, 2.24) is 0 Å². The molecule has 1 fully saturated rings. The maximum Gasteiger partial charge on any atom is 0.192 e. The van der Waals surface area contributed by atoms with E-state index in [9.17, 15) is 24.3 Å². The molecule has 1 rings (SSSR count). The number of ketones is 4. The van der Waals surface area contributed by atoms with Crippen LogP contribution in [0.3, 0.4) is 0 Å². The largest absolute Gasteiger partial charge is 0.374 e. The van der Waals surface area contributed by atoms with Gasteiger partial charge in [-0.15, -0.1) is 0 Å². The van der Waals surface area contributed by atoms with E-state index in [0.29, 0.717) is 12.8 Å². The second kappa shape index (κ2) is 8.35. The van der Waals surface area contributed by atoms with E-state index in [1.807, 2.05) is 27.7 Å². The van der Waals surface area contributed by atoms with Gasteiger partial charge in [0.1, 0.15) is 5.92 Å². The van der Waals surface area contributed by atoms with E-state index in [1.165, 1.54) is 0 Å². The zero-order valence-electron chi connectivity index (χ0n) is 16.3. The Bertz CT molecular complexity index is 546. The molecule has 0 amide bonds. The highest BCUT2D eigenvalue weighted by Gasteiger charge is 2.64. The Hall–Kier alpha value is -1.36. The summed E-state index contributed by atoms with van der Waals surface area (Å²) in [7, 11) is 0. The third kappa shape index (κ3) is 4.43. The molecule has 0 aromatic heterocycles. The first kappa shape index (κ1) is 21.7. The molecule has 1 aliphatic carbocycles. The van der Waals surface area contributed by atoms with Crippen molar-refractivity contribution in [2.24, 2.45) is 29.6 Å². The second-order valence-corrected chi connectivity index (χ2v) is 8.40. The van der Waals surface area contributed by atoms with Crippen molar-refractivity contribution in [2.75, 3.05) is 0 Å². The summed E-state index contributed by atoms with van der Waals surface area (Å²) in [5.74, 6) is -5.20. The predicted molar refractivity (Wildman–Crippen MR) is 94.9 cm³/mol. The summed E-state index contributed by atoms with van der Waals surface area (Å²) in [6.45, 7) is 11.1. The van der Waals surface area contributed by atoms with Crippen LogP contribution in [0.5, 0.6) is 0 Å². The van der Waals surface area contributed by atoms with Crippen LogP contribution >= 0.6 is 0 Å². The first-order valence-electron chi connectivity index (χ1n) is 9.31. The fourth-order valence-electron chi connectivity index (χ4n) is 3.32. The van der Waals surface area contributed by atoms with Gasteiger partial charge in [0.25, 0.3) is 0 Å². The molecule has 0 saturated heterocycles. The fraction of sp³-hybridized carbons (Fsp3) is 0.800. The Labute approximate surface area is 150 Å². The molecule has 0 heterocycles. The topological polar surface area (TPSA) is 88.5 Å². The van der Waals surface area contributed by atoms with Gasteiger partial charge in [-0.05, 0) is 24.7 Å². The molecule has 1 saturated carbocycles. The molecule has 5 nitrogen and oxygen atoms in total. The monoisotopic (exact) mass is 352 g/mol. The minimum atomic E-state index is -2.34. The minimum Gasteiger partial charge on any atom is -0.374 e. The predicted octanol–water partition coefficient (Wildman–Crippen LogP) is 2.77. The average Bonchev–Trinajstić information content (AvgIpc) is 2.69. The molecule has 1 unspecified atom stereocenters. The minimum absolute atomic E-state index is 0.0357. The van der Waals surface area contributed by atoms with Gasteiger partial charge < -0.3 is 5.11 Å². The first-order valence-corrected chi connectivity index (χ1v) is 9.31. The van der Waals surface area contributed by atoms with Gasteiger partial charge in [0.2, 0.25) is 0 Å². The van der Waals surface area contributed by atoms with E-state index in [1.54, 1.807) is 13.8 Å². The molecule has 142 valence electrons. The Morgan fingerprint density at radius 1 is 1.00 bits per heavy atom. The molecule has 1 aliphatic rings. The summed E-state index contributed by atoms with van der Waals surface area (Å²) >= 11 is 0. The fourth-order valence-corrected chi connectivity index (χ4v) is 3.32. The number of Topliss-reactive ketones (excluding diaryl/α,β-unsaturated/α-hetero) is 4. The van der Waals surface area contributed by atoms with Crippen LogP contribution in [0.25, 0.3) is 0 Å². The van der Waals surface area contributed by atoms with E-state index in [0.717, 1.165) is 0 Å². The van der Waals surface area contributed by atoms with Gasteiger partial charge in [0.05, 0.1) is 5.92 Å². The Kier molecular flexibility index (Phi) is 7.24. The SMILES string of the molecule is CC(C)CCC(=O)[C@@]1(O)C(=O)C(C(=O)C(C)C)C(=O)[C@H]1CCC(C)C. The summed E-state index contributed by atoms with van der Waals surface area (Å²) < 4.78 is 0. The third-order valence-corrected chi connectivity index (χ3v) is 5.03. The van der Waals surface area contributed by atoms with E-state index in [-0.39, 0.29) is 24.7 Å². The van der Waals surface area contributed by atoms with Gasteiger partial charge in [-0.25, -0.2) is 0 Å². The van der Waals surface area contributed by atoms with Gasteiger partial charge in [-0.2, -0.15) is 0 Å². The molecule has 25 heavy (non-hydrogen) atoms. The van der Waals surface area contributed by atoms with Gasteiger partial charge in [-0.3, -0.25) is 19.2 Å². The summed E-state index contributed by atoms with van der Waals surface area (Å²) in [5, 5.41) is 11.0. The molecule has 0 bridgehead atoms. The van der Waals surface area contributed by atoms with Gasteiger partial charge in [0.15, 0.2) is 28.7 Å². The zero-order valence-corrected chi connectivity index (χ0v) is 16.3. The number of hydrogen-bond acceptors (Lipinski definition) is 5. The van der Waals surface area contributed by atoms with Crippen molar-refractivity contribution < 1.29 is 24.3 Å². The number of aliphatic hydroxyl groups is 1. The van der Waals surface area contributed by atoms with Crippen molar-refractivity contribution in [3.8, 4) is 0 Å². The van der Waals surface area contributed by atoms with Crippen molar-refractivity contribution in [3.05, 3.63) is 0 Å². The molecular weight excluding hydrogens is 320 g/mol. The highest BCUT2D eigenvalue weighted by molar-refractivity contribution is 6.33. The quantitative estimate of drug-likeness (QED) is 0.645. The number of rotatable bonds is 9. The van der Waals surface area contributed by atoms with E-state index in [2.05, 4.69) is 0 Å². The molecule has 3 atom stereocenters. The highest BCUT2D eigenvalue weighted by Crippen LogP contribution is 2.40. The maximum atomic E-state index is 12.8. The van der Waals surface area contributed by atoms with Gasteiger partial charge in [0, 0.05) is 12.3 Å². The summed E-state index contributed by atoms with van der Waals surface area (Å²) in [4.78, 5) is 50.6. The smallest absolute Gasteiger partial charge is 0.192 e. The Morgan fingerprint density at radius 3 is 1.96 bits per heavy atom. The van der Waals surface area contributed by atoms with E-state index >= 15 is 0 Å². The zero-order chi connectivity index (χ0) is 19.5. The lowest BCUT2D eigenvalue weighted by Gasteiger charge is -2.26. The van der Waals surface area contributed by atoms with Crippen LogP contribution in [0.2, 0.25) is 0 Å². The Morgan fingerprint density at radius 2 is 1.52 bits per heavy atom. The molecule has 0 aromatic rings. The van der Waals surface area contributed by atoms with Crippen molar-refractivity contribution >= 4 is 23.1 Å². The molecule has 1 N–H and O–H groups in total.